The molecule has 1 saturated heterocycles. The summed E-state index contributed by atoms with van der Waals surface area (Å²) in [5.74, 6) is -4.91. The van der Waals surface area contributed by atoms with Crippen LogP contribution in [-0.2, 0) is 33.3 Å². The number of rotatable bonds is 6. The van der Waals surface area contributed by atoms with E-state index in [1.807, 2.05) is 0 Å². The van der Waals surface area contributed by atoms with Gasteiger partial charge in [0.15, 0.2) is 34.7 Å². The highest BCUT2D eigenvalue weighted by atomic mass is 16.8. The van der Waals surface area contributed by atoms with Crippen LogP contribution in [0.4, 0.5) is 0 Å². The first kappa shape index (κ1) is 27.3. The fourth-order valence-electron chi connectivity index (χ4n) is 4.10. The molecule has 2 aliphatic rings. The molecule has 0 bridgehead atoms. The van der Waals surface area contributed by atoms with E-state index in [-0.39, 0.29) is 29.4 Å². The zero-order valence-corrected chi connectivity index (χ0v) is 20.9. The molecule has 2 aromatic rings. The lowest BCUT2D eigenvalue weighted by atomic mass is 9.87. The maximum atomic E-state index is 12.7. The van der Waals surface area contributed by atoms with Crippen LogP contribution in [0.1, 0.15) is 31.4 Å². The molecule has 0 radical (unpaired) electrons. The Kier molecular flexibility index (Phi) is 7.37. The molecule has 0 amide bonds. The van der Waals surface area contributed by atoms with Gasteiger partial charge in [0, 0.05) is 32.4 Å². The lowest BCUT2D eigenvalue weighted by Gasteiger charge is -2.34. The Morgan fingerprint density at radius 3 is 1.90 bits per heavy atom. The summed E-state index contributed by atoms with van der Waals surface area (Å²) in [6.45, 7) is 3.12. The third kappa shape index (κ3) is 6.39. The molecule has 0 aromatic heterocycles. The number of carbonyl (C=O) groups is 3. The number of benzene rings is 2. The Hall–Kier alpha value is -4.77. The first-order chi connectivity index (χ1) is 18.4. The van der Waals surface area contributed by atoms with E-state index >= 15 is 0 Å². The molecule has 0 saturated carbocycles. The van der Waals surface area contributed by atoms with Gasteiger partial charge in [0.1, 0.15) is 6.10 Å². The summed E-state index contributed by atoms with van der Waals surface area (Å²) in [5, 5.41) is 38.1. The Labute approximate surface area is 222 Å². The molecular formula is C28H26O11. The van der Waals surface area contributed by atoms with E-state index in [4.69, 9.17) is 18.9 Å². The van der Waals surface area contributed by atoms with Crippen LogP contribution in [0.15, 0.2) is 60.7 Å². The van der Waals surface area contributed by atoms with Crippen molar-refractivity contribution in [1.82, 2.24) is 0 Å². The van der Waals surface area contributed by atoms with Gasteiger partial charge in [0.2, 0.25) is 5.79 Å². The molecule has 4 rings (SSSR count). The average molecular weight is 539 g/mol. The highest BCUT2D eigenvalue weighted by Gasteiger charge is 2.56. The van der Waals surface area contributed by atoms with Gasteiger partial charge < -0.3 is 39.4 Å². The third-order valence-electron chi connectivity index (χ3n) is 5.88. The number of ether oxygens (including phenoxy) is 4. The quantitative estimate of drug-likeness (QED) is 0.140. The predicted molar refractivity (Wildman–Crippen MR) is 135 cm³/mol. The fourth-order valence-corrected chi connectivity index (χ4v) is 4.10. The summed E-state index contributed by atoms with van der Waals surface area (Å²) in [4.78, 5) is 37.8. The van der Waals surface area contributed by atoms with Gasteiger partial charge in [-0.05, 0) is 59.7 Å². The van der Waals surface area contributed by atoms with Crippen LogP contribution >= 0.6 is 0 Å². The predicted octanol–water partition coefficient (Wildman–Crippen LogP) is 3.07. The number of aromatic hydroxyl groups is 4. The van der Waals surface area contributed by atoms with Gasteiger partial charge in [-0.3, -0.25) is 0 Å². The van der Waals surface area contributed by atoms with E-state index in [2.05, 4.69) is 0 Å². The molecule has 3 atom stereocenters. The Morgan fingerprint density at radius 2 is 1.41 bits per heavy atom. The molecule has 39 heavy (non-hydrogen) atoms. The van der Waals surface area contributed by atoms with Crippen LogP contribution in [0.25, 0.3) is 12.2 Å². The van der Waals surface area contributed by atoms with Crippen molar-refractivity contribution in [2.45, 2.75) is 43.9 Å². The van der Waals surface area contributed by atoms with Crippen molar-refractivity contribution in [2.24, 2.45) is 0 Å². The molecule has 204 valence electrons. The van der Waals surface area contributed by atoms with Gasteiger partial charge in [0.25, 0.3) is 0 Å². The van der Waals surface area contributed by atoms with E-state index in [0.29, 0.717) is 11.1 Å². The molecule has 1 fully saturated rings. The van der Waals surface area contributed by atoms with E-state index in [1.54, 1.807) is 13.8 Å². The average Bonchev–Trinajstić information content (AvgIpc) is 3.09. The second kappa shape index (κ2) is 10.5. The molecule has 11 nitrogen and oxygen atoms in total. The summed E-state index contributed by atoms with van der Waals surface area (Å²) in [6, 6.07) is 7.94. The van der Waals surface area contributed by atoms with Crippen LogP contribution in [0.5, 0.6) is 23.0 Å². The van der Waals surface area contributed by atoms with Gasteiger partial charge in [-0.25, -0.2) is 14.4 Å². The SMILES string of the molecule is CC1(C)OC(=O)[C@@]2(C=C[C@@H](OC(=O)/C=C/c3ccc(O)c(O)c3)[C@H](OC(=O)/C=C/c3ccc(O)c(O)c3)C2)O1. The van der Waals surface area contributed by atoms with Crippen LogP contribution in [-0.4, -0.2) is 61.9 Å². The summed E-state index contributed by atoms with van der Waals surface area (Å²) < 4.78 is 22.1. The highest BCUT2D eigenvalue weighted by Crippen LogP contribution is 2.40. The van der Waals surface area contributed by atoms with Crippen LogP contribution in [0, 0.1) is 0 Å². The Bertz CT molecular complexity index is 1390. The zero-order chi connectivity index (χ0) is 28.4. The van der Waals surface area contributed by atoms with Crippen molar-refractivity contribution in [2.75, 3.05) is 0 Å². The number of hydrogen-bond donors (Lipinski definition) is 4. The van der Waals surface area contributed by atoms with Crippen molar-refractivity contribution in [3.05, 3.63) is 71.8 Å². The minimum atomic E-state index is -1.55. The maximum Gasteiger partial charge on any atom is 0.345 e. The van der Waals surface area contributed by atoms with Gasteiger partial charge in [0.05, 0.1) is 0 Å². The van der Waals surface area contributed by atoms with Gasteiger partial charge >= 0.3 is 17.9 Å². The van der Waals surface area contributed by atoms with Crippen molar-refractivity contribution in [1.29, 1.82) is 0 Å². The monoisotopic (exact) mass is 538 g/mol. The number of cyclic esters (lactones) is 1. The van der Waals surface area contributed by atoms with Crippen LogP contribution in [0.3, 0.4) is 0 Å². The third-order valence-corrected chi connectivity index (χ3v) is 5.88. The first-order valence-corrected chi connectivity index (χ1v) is 11.8. The topological polar surface area (TPSA) is 169 Å². The molecule has 1 heterocycles. The smallest absolute Gasteiger partial charge is 0.345 e. The second-order valence-corrected chi connectivity index (χ2v) is 9.38. The van der Waals surface area contributed by atoms with E-state index < -0.39 is 41.5 Å². The molecule has 1 aliphatic carbocycles. The van der Waals surface area contributed by atoms with E-state index in [9.17, 15) is 34.8 Å². The summed E-state index contributed by atoms with van der Waals surface area (Å²) in [7, 11) is 0. The van der Waals surface area contributed by atoms with Gasteiger partial charge in [-0.2, -0.15) is 0 Å². The normalized spacial score (nSPS) is 23.8. The van der Waals surface area contributed by atoms with Crippen molar-refractivity contribution >= 4 is 30.1 Å². The van der Waals surface area contributed by atoms with Crippen molar-refractivity contribution in [3.8, 4) is 23.0 Å². The Morgan fingerprint density at radius 1 is 0.872 bits per heavy atom. The number of phenols is 4. The first-order valence-electron chi connectivity index (χ1n) is 11.8. The number of phenolic OH excluding ortho intramolecular Hbond substituents is 4. The minimum Gasteiger partial charge on any atom is -0.504 e. The standard InChI is InChI=1S/C28H26O11/c1-27(2)38-26(35)28(39-27)12-11-22(36-24(33)9-5-16-3-7-18(29)20(31)13-16)23(15-28)37-25(34)10-6-17-4-8-19(30)21(32)14-17/h3-14,22-23,29-32H,15H2,1-2H3/b9-5+,10-6+/t22-,23-,28+/m1/s1. The fraction of sp³-hybridized carbons (Fsp3) is 0.250. The Balaban J connectivity index is 1.51. The summed E-state index contributed by atoms with van der Waals surface area (Å²) in [5.41, 5.74) is -0.735. The second-order valence-electron chi connectivity index (χ2n) is 9.38. The van der Waals surface area contributed by atoms with Crippen LogP contribution < -0.4 is 0 Å². The summed E-state index contributed by atoms with van der Waals surface area (Å²) in [6.07, 6.45) is 5.22. The molecule has 1 spiro atoms. The van der Waals surface area contributed by atoms with E-state index in [0.717, 1.165) is 12.2 Å². The van der Waals surface area contributed by atoms with Gasteiger partial charge in [-0.15, -0.1) is 0 Å². The molecule has 11 heteroatoms. The van der Waals surface area contributed by atoms with E-state index in [1.165, 1.54) is 60.7 Å². The van der Waals surface area contributed by atoms with Crippen molar-refractivity contribution < 1.29 is 53.8 Å². The lowest BCUT2D eigenvalue weighted by Crippen LogP contribution is -2.48. The van der Waals surface area contributed by atoms with Crippen molar-refractivity contribution in [3.63, 3.8) is 0 Å². The molecule has 1 aliphatic heterocycles. The molecule has 2 aromatic carbocycles. The molecular weight excluding hydrogens is 512 g/mol. The maximum absolute atomic E-state index is 12.7. The largest absolute Gasteiger partial charge is 0.504 e. The zero-order valence-electron chi connectivity index (χ0n) is 20.9. The number of hydrogen-bond acceptors (Lipinski definition) is 11. The number of esters is 3. The number of carbonyl (C=O) groups excluding carboxylic acids is 3. The minimum absolute atomic E-state index is 0.196. The lowest BCUT2D eigenvalue weighted by molar-refractivity contribution is -0.175. The molecule has 0 unspecified atom stereocenters. The van der Waals surface area contributed by atoms with Gasteiger partial charge in [-0.1, -0.05) is 12.1 Å². The highest BCUT2D eigenvalue weighted by molar-refractivity contribution is 5.89. The molecule has 4 N–H and O–H groups in total. The summed E-state index contributed by atoms with van der Waals surface area (Å²) >= 11 is 0. The van der Waals surface area contributed by atoms with Crippen LogP contribution in [0.2, 0.25) is 0 Å².